The number of nitrogen functional groups attached to an aromatic ring is 1. The maximum Gasteiger partial charge on any atom is 0.140 e. The lowest BCUT2D eigenvalue weighted by molar-refractivity contribution is 0.476. The van der Waals surface area contributed by atoms with Gasteiger partial charge < -0.3 is 10.5 Å². The summed E-state index contributed by atoms with van der Waals surface area (Å²) in [5, 5.41) is 10.1. The number of phenolic OH excluding ortho intramolecular Hbond substituents is 1. The number of aromatic nitrogens is 1. The van der Waals surface area contributed by atoms with Gasteiger partial charge in [0.25, 0.3) is 0 Å². The van der Waals surface area contributed by atoms with E-state index in [9.17, 15) is 5.11 Å². The molecule has 66 valence electrons. The topological polar surface area (TPSA) is 71.2 Å². The summed E-state index contributed by atoms with van der Waals surface area (Å²) in [4.78, 5) is 4.19. The number of aromatic hydroxyl groups is 1. The molecule has 1 aromatic carbocycles. The standard InChI is InChI=1S/C9H9N3O/c10-12-9-4-1-6-5-7(13)2-3-8(6)11-9/h1-5,13H,10H2,(H,11,12). The minimum atomic E-state index is 0.239. The van der Waals surface area contributed by atoms with E-state index in [1.165, 1.54) is 0 Å². The van der Waals surface area contributed by atoms with Crippen molar-refractivity contribution >= 4 is 16.7 Å². The Hall–Kier alpha value is -1.81. The Labute approximate surface area is 75.0 Å². The summed E-state index contributed by atoms with van der Waals surface area (Å²) in [6, 6.07) is 8.59. The molecule has 0 aliphatic rings. The molecule has 13 heavy (non-hydrogen) atoms. The Kier molecular flexibility index (Phi) is 1.75. The summed E-state index contributed by atoms with van der Waals surface area (Å²) in [6.07, 6.45) is 0. The van der Waals surface area contributed by atoms with Crippen molar-refractivity contribution in [2.24, 2.45) is 5.84 Å². The average molecular weight is 175 g/mol. The predicted molar refractivity (Wildman–Crippen MR) is 51.2 cm³/mol. The van der Waals surface area contributed by atoms with Gasteiger partial charge in [-0.15, -0.1) is 0 Å². The molecule has 0 fully saturated rings. The van der Waals surface area contributed by atoms with E-state index in [1.54, 1.807) is 24.3 Å². The highest BCUT2D eigenvalue weighted by Gasteiger charge is 1.97. The van der Waals surface area contributed by atoms with Gasteiger partial charge in [-0.05, 0) is 30.3 Å². The van der Waals surface area contributed by atoms with Crippen LogP contribution in [-0.2, 0) is 0 Å². The molecule has 4 nitrogen and oxygen atoms in total. The van der Waals surface area contributed by atoms with Gasteiger partial charge in [0.15, 0.2) is 0 Å². The molecule has 0 atom stereocenters. The first kappa shape index (κ1) is 7.82. The lowest BCUT2D eigenvalue weighted by Crippen LogP contribution is -2.07. The van der Waals surface area contributed by atoms with Crippen molar-refractivity contribution in [2.75, 3.05) is 5.43 Å². The third-order valence-corrected chi connectivity index (χ3v) is 1.82. The number of rotatable bonds is 1. The summed E-state index contributed by atoms with van der Waals surface area (Å²) < 4.78 is 0. The van der Waals surface area contributed by atoms with Crippen molar-refractivity contribution in [1.82, 2.24) is 4.98 Å². The highest BCUT2D eigenvalue weighted by Crippen LogP contribution is 2.19. The molecule has 0 aliphatic carbocycles. The number of anilines is 1. The number of hydrogen-bond acceptors (Lipinski definition) is 4. The van der Waals surface area contributed by atoms with Crippen LogP contribution in [0.4, 0.5) is 5.82 Å². The highest BCUT2D eigenvalue weighted by atomic mass is 16.3. The number of nitrogens with two attached hydrogens (primary N) is 1. The van der Waals surface area contributed by atoms with Crippen molar-refractivity contribution in [2.45, 2.75) is 0 Å². The number of nitrogens with zero attached hydrogens (tertiary/aromatic N) is 1. The van der Waals surface area contributed by atoms with Crippen LogP contribution in [0.1, 0.15) is 0 Å². The van der Waals surface area contributed by atoms with Crippen molar-refractivity contribution in [3.8, 4) is 5.75 Å². The lowest BCUT2D eigenvalue weighted by Gasteiger charge is -2.01. The summed E-state index contributed by atoms with van der Waals surface area (Å²) in [5.41, 5.74) is 3.26. The molecular weight excluding hydrogens is 166 g/mol. The molecule has 4 heteroatoms. The summed E-state index contributed by atoms with van der Waals surface area (Å²) in [6.45, 7) is 0. The second-order valence-corrected chi connectivity index (χ2v) is 2.72. The van der Waals surface area contributed by atoms with Crippen LogP contribution < -0.4 is 11.3 Å². The Morgan fingerprint density at radius 2 is 2.08 bits per heavy atom. The van der Waals surface area contributed by atoms with Gasteiger partial charge in [0.2, 0.25) is 0 Å². The van der Waals surface area contributed by atoms with Gasteiger partial charge >= 0.3 is 0 Å². The molecule has 0 amide bonds. The Bertz CT molecular complexity index is 442. The predicted octanol–water partition coefficient (Wildman–Crippen LogP) is 1.23. The van der Waals surface area contributed by atoms with Gasteiger partial charge in [-0.3, -0.25) is 0 Å². The molecule has 4 N–H and O–H groups in total. The van der Waals surface area contributed by atoms with Crippen LogP contribution in [0, 0.1) is 0 Å². The number of hydrogen-bond donors (Lipinski definition) is 3. The van der Waals surface area contributed by atoms with Crippen LogP contribution in [0.25, 0.3) is 10.9 Å². The first-order valence-corrected chi connectivity index (χ1v) is 3.86. The fourth-order valence-corrected chi connectivity index (χ4v) is 1.19. The van der Waals surface area contributed by atoms with Crippen LogP contribution >= 0.6 is 0 Å². The molecule has 0 saturated heterocycles. The zero-order chi connectivity index (χ0) is 9.26. The number of benzene rings is 1. The minimum absolute atomic E-state index is 0.239. The van der Waals surface area contributed by atoms with Gasteiger partial charge in [-0.25, -0.2) is 10.8 Å². The smallest absolute Gasteiger partial charge is 0.140 e. The molecular formula is C9H9N3O. The minimum Gasteiger partial charge on any atom is -0.508 e. The molecule has 0 saturated carbocycles. The van der Waals surface area contributed by atoms with Crippen LogP contribution in [0.3, 0.4) is 0 Å². The van der Waals surface area contributed by atoms with E-state index in [4.69, 9.17) is 5.84 Å². The monoisotopic (exact) mass is 175 g/mol. The Morgan fingerprint density at radius 1 is 1.23 bits per heavy atom. The van der Waals surface area contributed by atoms with Gasteiger partial charge in [0.05, 0.1) is 5.52 Å². The van der Waals surface area contributed by atoms with Crippen LogP contribution in [0.5, 0.6) is 5.75 Å². The van der Waals surface area contributed by atoms with Crippen molar-refractivity contribution in [1.29, 1.82) is 0 Å². The third kappa shape index (κ3) is 1.39. The quantitative estimate of drug-likeness (QED) is 0.450. The van der Waals surface area contributed by atoms with E-state index in [2.05, 4.69) is 10.4 Å². The highest BCUT2D eigenvalue weighted by molar-refractivity contribution is 5.81. The molecule has 0 bridgehead atoms. The van der Waals surface area contributed by atoms with Gasteiger partial charge in [0.1, 0.15) is 11.6 Å². The molecule has 2 aromatic rings. The van der Waals surface area contributed by atoms with E-state index < -0.39 is 0 Å². The first-order valence-electron chi connectivity index (χ1n) is 3.86. The van der Waals surface area contributed by atoms with E-state index in [1.807, 2.05) is 6.07 Å². The zero-order valence-electron chi connectivity index (χ0n) is 6.86. The van der Waals surface area contributed by atoms with Crippen LogP contribution in [0.15, 0.2) is 30.3 Å². The molecule has 0 spiro atoms. The normalized spacial score (nSPS) is 10.2. The van der Waals surface area contributed by atoms with Crippen molar-refractivity contribution < 1.29 is 5.11 Å². The zero-order valence-corrected chi connectivity index (χ0v) is 6.86. The third-order valence-electron chi connectivity index (χ3n) is 1.82. The Balaban J connectivity index is 2.66. The molecule has 0 radical (unpaired) electrons. The number of phenols is 1. The van der Waals surface area contributed by atoms with Gasteiger partial charge in [-0.2, -0.15) is 0 Å². The Morgan fingerprint density at radius 3 is 2.85 bits per heavy atom. The lowest BCUT2D eigenvalue weighted by atomic mass is 10.2. The van der Waals surface area contributed by atoms with E-state index in [0.717, 1.165) is 10.9 Å². The fourth-order valence-electron chi connectivity index (χ4n) is 1.19. The van der Waals surface area contributed by atoms with Gasteiger partial charge in [-0.1, -0.05) is 0 Å². The maximum atomic E-state index is 9.19. The van der Waals surface area contributed by atoms with Gasteiger partial charge in [0, 0.05) is 5.39 Å². The fraction of sp³-hybridized carbons (Fsp3) is 0. The number of nitrogens with one attached hydrogen (secondary N) is 1. The molecule has 1 heterocycles. The van der Waals surface area contributed by atoms with Crippen LogP contribution in [-0.4, -0.2) is 10.1 Å². The largest absolute Gasteiger partial charge is 0.508 e. The molecule has 0 aliphatic heterocycles. The van der Waals surface area contributed by atoms with E-state index in [0.29, 0.717) is 5.82 Å². The molecule has 0 unspecified atom stereocenters. The molecule has 2 rings (SSSR count). The first-order chi connectivity index (χ1) is 6.29. The van der Waals surface area contributed by atoms with Crippen molar-refractivity contribution in [3.63, 3.8) is 0 Å². The second-order valence-electron chi connectivity index (χ2n) is 2.72. The summed E-state index contributed by atoms with van der Waals surface area (Å²) in [7, 11) is 0. The number of fused-ring (bicyclic) bond motifs is 1. The summed E-state index contributed by atoms with van der Waals surface area (Å²) >= 11 is 0. The molecule has 1 aromatic heterocycles. The van der Waals surface area contributed by atoms with E-state index >= 15 is 0 Å². The number of pyridine rings is 1. The average Bonchev–Trinajstić information content (AvgIpc) is 2.17. The second kappa shape index (κ2) is 2.91. The van der Waals surface area contributed by atoms with E-state index in [-0.39, 0.29) is 5.75 Å². The maximum absolute atomic E-state index is 9.19. The SMILES string of the molecule is NNc1ccc2cc(O)ccc2n1. The number of hydrazine groups is 1. The summed E-state index contributed by atoms with van der Waals surface area (Å²) in [5.74, 6) is 6.06. The van der Waals surface area contributed by atoms with Crippen molar-refractivity contribution in [3.05, 3.63) is 30.3 Å². The van der Waals surface area contributed by atoms with Crippen LogP contribution in [0.2, 0.25) is 0 Å².